The van der Waals surface area contributed by atoms with Gasteiger partial charge in [0.05, 0.1) is 6.04 Å². The van der Waals surface area contributed by atoms with E-state index in [-0.39, 0.29) is 0 Å². The van der Waals surface area contributed by atoms with Gasteiger partial charge < -0.3 is 9.88 Å². The van der Waals surface area contributed by atoms with E-state index in [1.165, 1.54) is 32.1 Å². The summed E-state index contributed by atoms with van der Waals surface area (Å²) in [6.45, 7) is 6.66. The van der Waals surface area contributed by atoms with Gasteiger partial charge in [-0.3, -0.25) is 4.90 Å². The summed E-state index contributed by atoms with van der Waals surface area (Å²) in [6, 6.07) is 1.01. The van der Waals surface area contributed by atoms with Crippen molar-refractivity contribution in [2.75, 3.05) is 26.2 Å². The van der Waals surface area contributed by atoms with Gasteiger partial charge >= 0.3 is 0 Å². The summed E-state index contributed by atoms with van der Waals surface area (Å²) in [6.07, 6.45) is 8.62. The van der Waals surface area contributed by atoms with E-state index in [0.29, 0.717) is 12.1 Å². The first kappa shape index (κ1) is 13.1. The maximum atomic E-state index is 4.42. The Labute approximate surface area is 115 Å². The van der Waals surface area contributed by atoms with Crippen molar-refractivity contribution in [3.05, 3.63) is 12.2 Å². The second-order valence-electron chi connectivity index (χ2n) is 5.85. The Hall–Kier alpha value is -0.940. The van der Waals surface area contributed by atoms with Crippen LogP contribution < -0.4 is 5.32 Å². The molecule has 2 aliphatic rings. The van der Waals surface area contributed by atoms with Crippen LogP contribution in [-0.2, 0) is 0 Å². The van der Waals surface area contributed by atoms with E-state index in [1.54, 1.807) is 0 Å². The number of hydrogen-bond donors (Lipinski definition) is 1. The highest BCUT2D eigenvalue weighted by atomic mass is 15.3. The van der Waals surface area contributed by atoms with E-state index < -0.39 is 0 Å². The summed E-state index contributed by atoms with van der Waals surface area (Å²) in [7, 11) is 0. The predicted octanol–water partition coefficient (Wildman–Crippen LogP) is 1.75. The summed E-state index contributed by atoms with van der Waals surface area (Å²) in [5.74, 6) is 1.16. The van der Waals surface area contributed by atoms with E-state index in [2.05, 4.69) is 31.9 Å². The van der Waals surface area contributed by atoms with Crippen LogP contribution in [0.25, 0.3) is 0 Å². The smallest absolute Gasteiger partial charge is 0.150 e. The maximum Gasteiger partial charge on any atom is 0.150 e. The molecule has 5 nitrogen and oxygen atoms in total. The van der Waals surface area contributed by atoms with Crippen molar-refractivity contribution in [1.29, 1.82) is 0 Å². The number of aromatic nitrogens is 3. The Bertz CT molecular complexity index is 390. The van der Waals surface area contributed by atoms with Crippen molar-refractivity contribution in [3.8, 4) is 0 Å². The molecule has 1 atom stereocenters. The van der Waals surface area contributed by atoms with Gasteiger partial charge in [0.2, 0.25) is 0 Å². The number of nitrogens with one attached hydrogen (secondary N) is 1. The topological polar surface area (TPSA) is 46.0 Å². The van der Waals surface area contributed by atoms with Crippen molar-refractivity contribution in [2.24, 2.45) is 0 Å². The van der Waals surface area contributed by atoms with Crippen molar-refractivity contribution >= 4 is 0 Å². The molecule has 1 aromatic rings. The summed E-state index contributed by atoms with van der Waals surface area (Å²) < 4.78 is 2.35. The molecule has 1 saturated carbocycles. The standard InChI is InChI=1S/C14H25N5/c1-12(18-9-7-15-8-10-18)14-17-16-11-19(14)13-5-3-2-4-6-13/h11-13,15H,2-10H2,1H3. The van der Waals surface area contributed by atoms with Crippen LogP contribution in [0.2, 0.25) is 0 Å². The molecule has 0 amide bonds. The molecule has 1 unspecified atom stereocenters. The molecule has 2 heterocycles. The summed E-state index contributed by atoms with van der Waals surface area (Å²) in [4.78, 5) is 2.51. The fourth-order valence-electron chi connectivity index (χ4n) is 3.42. The number of nitrogens with zero attached hydrogens (tertiary/aromatic N) is 4. The minimum atomic E-state index is 0.381. The number of piperazine rings is 1. The zero-order valence-corrected chi connectivity index (χ0v) is 11.9. The van der Waals surface area contributed by atoms with E-state index in [9.17, 15) is 0 Å². The molecule has 106 valence electrons. The average molecular weight is 263 g/mol. The lowest BCUT2D eigenvalue weighted by molar-refractivity contribution is 0.171. The summed E-state index contributed by atoms with van der Waals surface area (Å²) in [5.41, 5.74) is 0. The fourth-order valence-corrected chi connectivity index (χ4v) is 3.42. The zero-order chi connectivity index (χ0) is 13.1. The van der Waals surface area contributed by atoms with E-state index in [0.717, 1.165) is 32.0 Å². The maximum absolute atomic E-state index is 4.42. The van der Waals surface area contributed by atoms with Gasteiger partial charge in [-0.15, -0.1) is 10.2 Å². The van der Waals surface area contributed by atoms with Gasteiger partial charge in [-0.2, -0.15) is 0 Å². The molecular weight excluding hydrogens is 238 g/mol. The van der Waals surface area contributed by atoms with E-state index in [4.69, 9.17) is 0 Å². The Balaban J connectivity index is 1.74. The van der Waals surface area contributed by atoms with Crippen LogP contribution in [0.5, 0.6) is 0 Å². The lowest BCUT2D eigenvalue weighted by atomic mass is 9.95. The van der Waals surface area contributed by atoms with Gasteiger partial charge in [-0.1, -0.05) is 19.3 Å². The van der Waals surface area contributed by atoms with E-state index in [1.807, 2.05) is 6.33 Å². The average Bonchev–Trinajstić information content (AvgIpc) is 2.98. The molecule has 3 rings (SSSR count). The Kier molecular flexibility index (Phi) is 4.13. The highest BCUT2D eigenvalue weighted by Gasteiger charge is 2.25. The highest BCUT2D eigenvalue weighted by molar-refractivity contribution is 4.98. The molecule has 0 aromatic carbocycles. The monoisotopic (exact) mass is 263 g/mol. The third kappa shape index (κ3) is 2.82. The molecule has 0 spiro atoms. The summed E-state index contributed by atoms with van der Waals surface area (Å²) in [5, 5.41) is 12.0. The number of hydrogen-bond acceptors (Lipinski definition) is 4. The Morgan fingerprint density at radius 2 is 1.95 bits per heavy atom. The van der Waals surface area contributed by atoms with Crippen molar-refractivity contribution in [1.82, 2.24) is 25.0 Å². The van der Waals surface area contributed by atoms with E-state index >= 15 is 0 Å². The van der Waals surface area contributed by atoms with Crippen molar-refractivity contribution in [2.45, 2.75) is 51.1 Å². The largest absolute Gasteiger partial charge is 0.314 e. The highest BCUT2D eigenvalue weighted by Crippen LogP contribution is 2.31. The first-order valence-electron chi connectivity index (χ1n) is 7.70. The minimum Gasteiger partial charge on any atom is -0.314 e. The Morgan fingerprint density at radius 3 is 2.68 bits per heavy atom. The first-order valence-corrected chi connectivity index (χ1v) is 7.70. The molecule has 0 radical (unpaired) electrons. The molecule has 5 heteroatoms. The third-order valence-corrected chi connectivity index (χ3v) is 4.64. The second-order valence-corrected chi connectivity index (χ2v) is 5.85. The van der Waals surface area contributed by atoms with Gasteiger partial charge in [-0.05, 0) is 19.8 Å². The second kappa shape index (κ2) is 6.01. The molecule has 2 fully saturated rings. The van der Waals surface area contributed by atoms with Crippen molar-refractivity contribution in [3.63, 3.8) is 0 Å². The molecular formula is C14H25N5. The van der Waals surface area contributed by atoms with Crippen LogP contribution in [0.15, 0.2) is 6.33 Å². The quantitative estimate of drug-likeness (QED) is 0.902. The minimum absolute atomic E-state index is 0.381. The lowest BCUT2D eigenvalue weighted by Gasteiger charge is -2.33. The van der Waals surface area contributed by atoms with Crippen molar-refractivity contribution < 1.29 is 0 Å². The molecule has 1 aliphatic carbocycles. The lowest BCUT2D eigenvalue weighted by Crippen LogP contribution is -2.45. The van der Waals surface area contributed by atoms with Crippen LogP contribution in [0.4, 0.5) is 0 Å². The normalized spacial score (nSPS) is 24.5. The van der Waals surface area contributed by atoms with Crippen LogP contribution in [-0.4, -0.2) is 45.8 Å². The molecule has 1 aliphatic heterocycles. The van der Waals surface area contributed by atoms with Gasteiger partial charge in [-0.25, -0.2) is 0 Å². The van der Waals surface area contributed by atoms with Gasteiger partial charge in [0, 0.05) is 32.2 Å². The number of rotatable bonds is 3. The van der Waals surface area contributed by atoms with Gasteiger partial charge in [0.15, 0.2) is 0 Å². The van der Waals surface area contributed by atoms with Gasteiger partial charge in [0.1, 0.15) is 12.2 Å². The molecule has 1 saturated heterocycles. The van der Waals surface area contributed by atoms with Gasteiger partial charge in [0.25, 0.3) is 0 Å². The fraction of sp³-hybridized carbons (Fsp3) is 0.857. The molecule has 1 N–H and O–H groups in total. The molecule has 0 bridgehead atoms. The van der Waals surface area contributed by atoms with Crippen LogP contribution in [0.3, 0.4) is 0 Å². The first-order chi connectivity index (χ1) is 9.36. The zero-order valence-electron chi connectivity index (χ0n) is 11.9. The molecule has 19 heavy (non-hydrogen) atoms. The predicted molar refractivity (Wildman–Crippen MR) is 75.0 cm³/mol. The third-order valence-electron chi connectivity index (χ3n) is 4.64. The van der Waals surface area contributed by atoms with Crippen LogP contribution in [0.1, 0.15) is 56.9 Å². The SMILES string of the molecule is CC(c1nncn1C1CCCCC1)N1CCNCC1. The van der Waals surface area contributed by atoms with Crippen LogP contribution >= 0.6 is 0 Å². The summed E-state index contributed by atoms with van der Waals surface area (Å²) >= 11 is 0. The molecule has 1 aromatic heterocycles. The Morgan fingerprint density at radius 1 is 1.21 bits per heavy atom. The van der Waals surface area contributed by atoms with Crippen LogP contribution in [0, 0.1) is 0 Å².